The van der Waals surface area contributed by atoms with Crippen molar-refractivity contribution in [1.29, 1.82) is 0 Å². The number of hydrogen-bond acceptors (Lipinski definition) is 3. The Morgan fingerprint density at radius 3 is 3.12 bits per heavy atom. The fourth-order valence-corrected chi connectivity index (χ4v) is 1.82. The average Bonchev–Trinajstić information content (AvgIpc) is 2.68. The fraction of sp³-hybridized carbons (Fsp3) is 0.364. The molecule has 86 valence electrons. The minimum Gasteiger partial charge on any atom is -0.395 e. The van der Waals surface area contributed by atoms with Crippen molar-refractivity contribution >= 4 is 21.6 Å². The highest BCUT2D eigenvalue weighted by Crippen LogP contribution is 2.13. The zero-order chi connectivity index (χ0) is 11.5. The summed E-state index contributed by atoms with van der Waals surface area (Å²) in [6.45, 7) is 2.78. The molecule has 0 radical (unpaired) electrons. The summed E-state index contributed by atoms with van der Waals surface area (Å²) in [6, 6.07) is 4.02. The third-order valence-corrected chi connectivity index (χ3v) is 2.92. The Hall–Kier alpha value is -0.910. The Morgan fingerprint density at radius 2 is 2.38 bits per heavy atom. The molecule has 0 unspecified atom stereocenters. The highest BCUT2D eigenvalue weighted by atomic mass is 79.9. The largest absolute Gasteiger partial charge is 0.395 e. The van der Waals surface area contributed by atoms with Crippen LogP contribution in [0.4, 0.5) is 0 Å². The summed E-state index contributed by atoms with van der Waals surface area (Å²) in [5.41, 5.74) is 2.01. The van der Waals surface area contributed by atoms with Gasteiger partial charge < -0.3 is 14.8 Å². The van der Waals surface area contributed by atoms with Crippen LogP contribution in [0.1, 0.15) is 12.6 Å². The number of nitrogens with one attached hydrogen (secondary N) is 1. The summed E-state index contributed by atoms with van der Waals surface area (Å²) in [5, 5.41) is 12.1. The van der Waals surface area contributed by atoms with E-state index in [4.69, 9.17) is 5.11 Å². The average molecular weight is 284 g/mol. The molecule has 5 heteroatoms. The number of nitrogens with zero attached hydrogens (tertiary/aromatic N) is 2. The van der Waals surface area contributed by atoms with Gasteiger partial charge in [-0.3, -0.25) is 0 Å². The maximum absolute atomic E-state index is 8.93. The van der Waals surface area contributed by atoms with E-state index in [0.717, 1.165) is 15.8 Å². The third-order valence-electron chi connectivity index (χ3n) is 2.45. The van der Waals surface area contributed by atoms with Crippen molar-refractivity contribution in [2.45, 2.75) is 19.5 Å². The van der Waals surface area contributed by atoms with Crippen LogP contribution in [0.3, 0.4) is 0 Å². The van der Waals surface area contributed by atoms with E-state index in [1.165, 1.54) is 0 Å². The van der Waals surface area contributed by atoms with Gasteiger partial charge in [-0.1, -0.05) is 0 Å². The monoisotopic (exact) mass is 283 g/mol. The van der Waals surface area contributed by atoms with E-state index in [-0.39, 0.29) is 12.6 Å². The van der Waals surface area contributed by atoms with Crippen molar-refractivity contribution in [2.75, 3.05) is 6.61 Å². The number of aliphatic hydroxyl groups is 1. The first-order chi connectivity index (χ1) is 7.70. The van der Waals surface area contributed by atoms with Gasteiger partial charge in [-0.25, -0.2) is 4.98 Å². The van der Waals surface area contributed by atoms with Crippen molar-refractivity contribution in [3.63, 3.8) is 0 Å². The lowest BCUT2D eigenvalue weighted by Crippen LogP contribution is -2.29. The minimum absolute atomic E-state index is 0.0951. The molecule has 16 heavy (non-hydrogen) atoms. The number of fused-ring (bicyclic) bond motifs is 1. The van der Waals surface area contributed by atoms with Crippen LogP contribution in [-0.4, -0.2) is 27.1 Å². The van der Waals surface area contributed by atoms with Gasteiger partial charge in [0.1, 0.15) is 5.65 Å². The summed E-state index contributed by atoms with van der Waals surface area (Å²) in [7, 11) is 0. The zero-order valence-corrected chi connectivity index (χ0v) is 10.6. The molecule has 0 aliphatic heterocycles. The quantitative estimate of drug-likeness (QED) is 0.896. The smallest absolute Gasteiger partial charge is 0.136 e. The number of rotatable bonds is 4. The van der Waals surface area contributed by atoms with Crippen molar-refractivity contribution < 1.29 is 5.11 Å². The highest BCUT2D eigenvalue weighted by Gasteiger charge is 2.05. The second kappa shape index (κ2) is 4.95. The fourth-order valence-electron chi connectivity index (χ4n) is 1.48. The molecule has 0 aromatic carbocycles. The van der Waals surface area contributed by atoms with E-state index in [1.807, 2.05) is 35.9 Å². The van der Waals surface area contributed by atoms with Gasteiger partial charge in [-0.15, -0.1) is 0 Å². The molecule has 2 rings (SSSR count). The second-order valence-corrected chi connectivity index (χ2v) is 4.71. The number of aliphatic hydroxyl groups excluding tert-OH is 1. The van der Waals surface area contributed by atoms with Crippen LogP contribution in [-0.2, 0) is 6.54 Å². The number of hydrogen-bond donors (Lipinski definition) is 2. The van der Waals surface area contributed by atoms with Crippen molar-refractivity contribution in [1.82, 2.24) is 14.7 Å². The molecule has 0 fully saturated rings. The first-order valence-electron chi connectivity index (χ1n) is 5.16. The summed E-state index contributed by atoms with van der Waals surface area (Å²) in [5.74, 6) is 0. The Morgan fingerprint density at radius 1 is 1.56 bits per heavy atom. The van der Waals surface area contributed by atoms with Crippen LogP contribution in [0, 0.1) is 0 Å². The van der Waals surface area contributed by atoms with E-state index in [1.54, 1.807) is 0 Å². The first-order valence-corrected chi connectivity index (χ1v) is 5.95. The van der Waals surface area contributed by atoms with Crippen LogP contribution >= 0.6 is 15.9 Å². The van der Waals surface area contributed by atoms with Crippen LogP contribution in [0.2, 0.25) is 0 Å². The van der Waals surface area contributed by atoms with Gasteiger partial charge in [0, 0.05) is 23.3 Å². The first kappa shape index (κ1) is 11.6. The van der Waals surface area contributed by atoms with Crippen LogP contribution in [0.15, 0.2) is 29.0 Å². The van der Waals surface area contributed by atoms with E-state index in [2.05, 4.69) is 26.2 Å². The molecular weight excluding hydrogens is 270 g/mol. The maximum Gasteiger partial charge on any atom is 0.136 e. The third kappa shape index (κ3) is 2.42. The minimum atomic E-state index is 0.0951. The summed E-state index contributed by atoms with van der Waals surface area (Å²) in [4.78, 5) is 4.30. The van der Waals surface area contributed by atoms with E-state index < -0.39 is 0 Å². The molecule has 2 aromatic heterocycles. The summed E-state index contributed by atoms with van der Waals surface area (Å²) < 4.78 is 3.05. The molecule has 2 aromatic rings. The van der Waals surface area contributed by atoms with Gasteiger partial charge in [0.25, 0.3) is 0 Å². The molecule has 0 aliphatic carbocycles. The van der Waals surface area contributed by atoms with E-state index >= 15 is 0 Å². The summed E-state index contributed by atoms with van der Waals surface area (Å²) in [6.07, 6.45) is 3.84. The second-order valence-electron chi connectivity index (χ2n) is 3.79. The molecule has 0 bridgehead atoms. The van der Waals surface area contributed by atoms with E-state index in [0.29, 0.717) is 6.54 Å². The Kier molecular flexibility index (Phi) is 3.58. The molecular formula is C11H14BrN3O. The molecule has 1 atom stereocenters. The van der Waals surface area contributed by atoms with Gasteiger partial charge >= 0.3 is 0 Å². The van der Waals surface area contributed by atoms with Crippen LogP contribution in [0.5, 0.6) is 0 Å². The van der Waals surface area contributed by atoms with Crippen molar-refractivity contribution in [3.05, 3.63) is 34.7 Å². The van der Waals surface area contributed by atoms with Gasteiger partial charge in [-0.2, -0.15) is 0 Å². The lowest BCUT2D eigenvalue weighted by molar-refractivity contribution is 0.250. The Bertz CT molecular complexity index is 483. The lowest BCUT2D eigenvalue weighted by atomic mass is 10.3. The maximum atomic E-state index is 8.93. The predicted octanol–water partition coefficient (Wildman–Crippen LogP) is 1.57. The topological polar surface area (TPSA) is 49.6 Å². The van der Waals surface area contributed by atoms with Gasteiger partial charge in [0.2, 0.25) is 0 Å². The van der Waals surface area contributed by atoms with Crippen LogP contribution in [0.25, 0.3) is 5.65 Å². The molecule has 0 amide bonds. The Labute approximate surface area is 102 Å². The molecule has 2 heterocycles. The molecule has 0 saturated heterocycles. The molecule has 0 spiro atoms. The number of aromatic nitrogens is 2. The van der Waals surface area contributed by atoms with Gasteiger partial charge in [0.15, 0.2) is 0 Å². The normalized spacial score (nSPS) is 13.2. The SMILES string of the molecule is C[C@@H](CO)NCc1cnc2ccc(Br)cn12. The standard InChI is InChI=1S/C11H14BrN3O/c1-8(7-16)13-4-10-5-14-11-3-2-9(12)6-15(10)11/h2-3,5-6,8,13,16H,4,7H2,1H3/t8-/m0/s1. The van der Waals surface area contributed by atoms with Crippen molar-refractivity contribution in [3.8, 4) is 0 Å². The lowest BCUT2D eigenvalue weighted by Gasteiger charge is -2.10. The molecule has 0 saturated carbocycles. The molecule has 4 nitrogen and oxygen atoms in total. The molecule has 2 N–H and O–H groups in total. The van der Waals surface area contributed by atoms with E-state index in [9.17, 15) is 0 Å². The Balaban J connectivity index is 2.21. The zero-order valence-electron chi connectivity index (χ0n) is 9.02. The summed E-state index contributed by atoms with van der Waals surface area (Å²) >= 11 is 3.44. The predicted molar refractivity (Wildman–Crippen MR) is 66.3 cm³/mol. The van der Waals surface area contributed by atoms with Gasteiger partial charge in [-0.05, 0) is 35.0 Å². The van der Waals surface area contributed by atoms with Crippen LogP contribution < -0.4 is 5.32 Å². The molecule has 0 aliphatic rings. The number of imidazole rings is 1. The number of pyridine rings is 1. The van der Waals surface area contributed by atoms with Crippen molar-refractivity contribution in [2.24, 2.45) is 0 Å². The van der Waals surface area contributed by atoms with Gasteiger partial charge in [0.05, 0.1) is 18.5 Å². The number of halogens is 1. The highest BCUT2D eigenvalue weighted by molar-refractivity contribution is 9.10.